The number of fused-ring (bicyclic) bond motifs is 1. The maximum atomic E-state index is 10.9. The van der Waals surface area contributed by atoms with Gasteiger partial charge < -0.3 is 9.52 Å². The summed E-state index contributed by atoms with van der Waals surface area (Å²) >= 11 is 5.75. The summed E-state index contributed by atoms with van der Waals surface area (Å²) in [5.74, 6) is -0.682. The number of carboxylic acid groups (broad SMARTS) is 1. The van der Waals surface area contributed by atoms with E-state index in [4.69, 9.17) is 21.1 Å². The van der Waals surface area contributed by atoms with E-state index >= 15 is 0 Å². The quantitative estimate of drug-likeness (QED) is 0.776. The van der Waals surface area contributed by atoms with Crippen LogP contribution in [0.25, 0.3) is 22.7 Å². The minimum absolute atomic E-state index is 0.152. The average molecular weight is 275 g/mol. The highest BCUT2D eigenvalue weighted by Gasteiger charge is 2.11. The molecular weight excluding hydrogens is 268 g/mol. The van der Waals surface area contributed by atoms with Crippen molar-refractivity contribution in [1.29, 1.82) is 0 Å². The number of carboxylic acids is 1. The van der Waals surface area contributed by atoms with Crippen molar-refractivity contribution < 1.29 is 14.3 Å². The van der Waals surface area contributed by atoms with Crippen LogP contribution in [0.15, 0.2) is 40.9 Å². The first-order valence-electron chi connectivity index (χ1n) is 5.39. The van der Waals surface area contributed by atoms with Gasteiger partial charge in [0, 0.05) is 6.20 Å². The van der Waals surface area contributed by atoms with Crippen molar-refractivity contribution in [3.8, 4) is 11.6 Å². The lowest BCUT2D eigenvalue weighted by Crippen LogP contribution is -1.94. The number of aromatic carboxylic acids is 1. The molecule has 3 rings (SSSR count). The van der Waals surface area contributed by atoms with E-state index in [0.717, 1.165) is 0 Å². The molecule has 1 aromatic carbocycles. The summed E-state index contributed by atoms with van der Waals surface area (Å²) in [6.07, 6.45) is 1.49. The van der Waals surface area contributed by atoms with Crippen LogP contribution in [0.3, 0.4) is 0 Å². The summed E-state index contributed by atoms with van der Waals surface area (Å²) in [5.41, 5.74) is 1.68. The molecule has 0 bridgehead atoms. The summed E-state index contributed by atoms with van der Waals surface area (Å²) in [4.78, 5) is 19.2. The SMILES string of the molecule is O=C(O)c1ccc2nc(-c3ccc(Cl)cn3)oc2c1. The third kappa shape index (κ3) is 2.15. The number of benzene rings is 1. The van der Waals surface area contributed by atoms with E-state index in [-0.39, 0.29) is 5.56 Å². The van der Waals surface area contributed by atoms with Crippen molar-refractivity contribution in [2.24, 2.45) is 0 Å². The van der Waals surface area contributed by atoms with Gasteiger partial charge in [0.05, 0.1) is 10.6 Å². The molecular formula is C13H7ClN2O3. The second kappa shape index (κ2) is 4.37. The zero-order valence-corrected chi connectivity index (χ0v) is 10.3. The topological polar surface area (TPSA) is 76.2 Å². The van der Waals surface area contributed by atoms with Crippen LogP contribution < -0.4 is 0 Å². The molecule has 2 heterocycles. The fraction of sp³-hybridized carbons (Fsp3) is 0. The first kappa shape index (κ1) is 11.7. The van der Waals surface area contributed by atoms with Gasteiger partial charge in [0.2, 0.25) is 5.89 Å². The van der Waals surface area contributed by atoms with Crippen molar-refractivity contribution in [3.05, 3.63) is 47.1 Å². The number of rotatable bonds is 2. The maximum Gasteiger partial charge on any atom is 0.335 e. The standard InChI is InChI=1S/C13H7ClN2O3/c14-8-2-4-10(15-6-8)12-16-9-3-1-7(13(17)18)5-11(9)19-12/h1-6H,(H,17,18). The van der Waals surface area contributed by atoms with Crippen LogP contribution in [-0.4, -0.2) is 21.0 Å². The Kier molecular flexibility index (Phi) is 2.68. The fourth-order valence-corrected chi connectivity index (χ4v) is 1.78. The van der Waals surface area contributed by atoms with Gasteiger partial charge in [0.1, 0.15) is 11.2 Å². The molecule has 94 valence electrons. The van der Waals surface area contributed by atoms with E-state index < -0.39 is 5.97 Å². The lowest BCUT2D eigenvalue weighted by Gasteiger charge is -1.93. The Morgan fingerprint density at radius 2 is 2.11 bits per heavy atom. The summed E-state index contributed by atoms with van der Waals surface area (Å²) in [6.45, 7) is 0. The number of hydrogen-bond donors (Lipinski definition) is 1. The zero-order valence-electron chi connectivity index (χ0n) is 9.50. The predicted molar refractivity (Wildman–Crippen MR) is 69.2 cm³/mol. The van der Waals surface area contributed by atoms with Gasteiger partial charge in [-0.3, -0.25) is 0 Å². The third-order valence-corrected chi connectivity index (χ3v) is 2.81. The molecule has 0 saturated carbocycles. The summed E-state index contributed by atoms with van der Waals surface area (Å²) < 4.78 is 5.50. The second-order valence-corrected chi connectivity index (χ2v) is 4.30. The number of hydrogen-bond acceptors (Lipinski definition) is 4. The zero-order chi connectivity index (χ0) is 13.4. The molecule has 0 radical (unpaired) electrons. The van der Waals surface area contributed by atoms with Gasteiger partial charge in [0.15, 0.2) is 5.58 Å². The monoisotopic (exact) mass is 274 g/mol. The molecule has 0 fully saturated rings. The summed E-state index contributed by atoms with van der Waals surface area (Å²) in [5, 5.41) is 9.43. The molecule has 0 unspecified atom stereocenters. The molecule has 0 spiro atoms. The lowest BCUT2D eigenvalue weighted by molar-refractivity contribution is 0.0697. The number of carbonyl (C=O) groups is 1. The van der Waals surface area contributed by atoms with Crippen molar-refractivity contribution in [1.82, 2.24) is 9.97 Å². The smallest absolute Gasteiger partial charge is 0.335 e. The average Bonchev–Trinajstić information content (AvgIpc) is 2.82. The normalized spacial score (nSPS) is 10.8. The van der Waals surface area contributed by atoms with Crippen LogP contribution in [0.4, 0.5) is 0 Å². The Morgan fingerprint density at radius 1 is 1.26 bits per heavy atom. The molecule has 0 atom stereocenters. The van der Waals surface area contributed by atoms with Gasteiger partial charge >= 0.3 is 5.97 Å². The van der Waals surface area contributed by atoms with Crippen molar-refractivity contribution >= 4 is 28.7 Å². The molecule has 5 nitrogen and oxygen atoms in total. The van der Waals surface area contributed by atoms with Gasteiger partial charge in [-0.25, -0.2) is 14.8 Å². The Balaban J connectivity index is 2.11. The van der Waals surface area contributed by atoms with E-state index in [1.54, 1.807) is 18.2 Å². The number of aromatic nitrogens is 2. The van der Waals surface area contributed by atoms with Crippen LogP contribution in [0.5, 0.6) is 0 Å². The highest BCUT2D eigenvalue weighted by Crippen LogP contribution is 2.24. The molecule has 0 aliphatic carbocycles. The number of nitrogens with zero attached hydrogens (tertiary/aromatic N) is 2. The van der Waals surface area contributed by atoms with Crippen LogP contribution in [0.1, 0.15) is 10.4 Å². The molecule has 0 amide bonds. The van der Waals surface area contributed by atoms with Crippen LogP contribution in [0.2, 0.25) is 5.02 Å². The number of halogens is 1. The summed E-state index contributed by atoms with van der Waals surface area (Å²) in [6, 6.07) is 7.88. The highest BCUT2D eigenvalue weighted by molar-refractivity contribution is 6.30. The van der Waals surface area contributed by atoms with E-state index in [1.165, 1.54) is 18.3 Å². The van der Waals surface area contributed by atoms with Gasteiger partial charge in [-0.1, -0.05) is 11.6 Å². The largest absolute Gasteiger partial charge is 0.478 e. The molecule has 6 heteroatoms. The first-order valence-corrected chi connectivity index (χ1v) is 5.77. The Labute approximate surface area is 112 Å². The predicted octanol–water partition coefficient (Wildman–Crippen LogP) is 3.24. The minimum atomic E-state index is -1.01. The maximum absolute atomic E-state index is 10.9. The second-order valence-electron chi connectivity index (χ2n) is 3.87. The Hall–Kier alpha value is -2.40. The molecule has 3 aromatic rings. The molecule has 2 aromatic heterocycles. The molecule has 0 aliphatic rings. The van der Waals surface area contributed by atoms with E-state index in [0.29, 0.717) is 27.7 Å². The van der Waals surface area contributed by atoms with Crippen LogP contribution in [-0.2, 0) is 0 Å². The molecule has 0 aliphatic heterocycles. The first-order chi connectivity index (χ1) is 9.13. The van der Waals surface area contributed by atoms with E-state index in [1.807, 2.05) is 0 Å². The summed E-state index contributed by atoms with van der Waals surface area (Å²) in [7, 11) is 0. The Bertz CT molecular complexity index is 765. The number of oxazole rings is 1. The van der Waals surface area contributed by atoms with Crippen molar-refractivity contribution in [3.63, 3.8) is 0 Å². The fourth-order valence-electron chi connectivity index (χ4n) is 1.67. The minimum Gasteiger partial charge on any atom is -0.478 e. The lowest BCUT2D eigenvalue weighted by atomic mass is 10.2. The molecule has 1 N–H and O–H groups in total. The van der Waals surface area contributed by atoms with Crippen molar-refractivity contribution in [2.45, 2.75) is 0 Å². The van der Waals surface area contributed by atoms with Gasteiger partial charge in [-0.2, -0.15) is 0 Å². The third-order valence-electron chi connectivity index (χ3n) is 2.58. The molecule has 19 heavy (non-hydrogen) atoms. The molecule has 0 saturated heterocycles. The van der Waals surface area contributed by atoms with Gasteiger partial charge in [0.25, 0.3) is 0 Å². The number of pyridine rings is 1. The van der Waals surface area contributed by atoms with Gasteiger partial charge in [-0.15, -0.1) is 0 Å². The highest BCUT2D eigenvalue weighted by atomic mass is 35.5. The van der Waals surface area contributed by atoms with Crippen molar-refractivity contribution in [2.75, 3.05) is 0 Å². The van der Waals surface area contributed by atoms with Gasteiger partial charge in [-0.05, 0) is 30.3 Å². The van der Waals surface area contributed by atoms with E-state index in [2.05, 4.69) is 9.97 Å². The van der Waals surface area contributed by atoms with Crippen LogP contribution >= 0.6 is 11.6 Å². The Morgan fingerprint density at radius 3 is 2.79 bits per heavy atom. The van der Waals surface area contributed by atoms with E-state index in [9.17, 15) is 4.79 Å². The van der Waals surface area contributed by atoms with Crippen LogP contribution in [0, 0.1) is 0 Å².